The maximum Gasteiger partial charge on any atom is 0.224 e. The molecule has 104 valence electrons. The molecule has 1 aromatic rings. The molecular formula is C15H22N2O2. The van der Waals surface area contributed by atoms with E-state index in [0.29, 0.717) is 12.3 Å². The van der Waals surface area contributed by atoms with Crippen molar-refractivity contribution in [3.8, 4) is 0 Å². The lowest BCUT2D eigenvalue weighted by Gasteiger charge is -2.27. The number of nitrogens with zero attached hydrogens (tertiary/aromatic N) is 1. The van der Waals surface area contributed by atoms with Gasteiger partial charge in [0.2, 0.25) is 5.91 Å². The van der Waals surface area contributed by atoms with Crippen molar-refractivity contribution < 1.29 is 9.90 Å². The summed E-state index contributed by atoms with van der Waals surface area (Å²) in [6.45, 7) is 2.21. The Balaban J connectivity index is 1.77. The SMILES string of the molecule is Cc1ccc(CC(=O)NC2CCC(CO)CC2)cn1. The van der Waals surface area contributed by atoms with Crippen molar-refractivity contribution in [1.82, 2.24) is 10.3 Å². The smallest absolute Gasteiger partial charge is 0.224 e. The van der Waals surface area contributed by atoms with E-state index in [-0.39, 0.29) is 18.6 Å². The molecule has 0 unspecified atom stereocenters. The first-order chi connectivity index (χ1) is 9.17. The third-order valence-corrected chi connectivity index (χ3v) is 3.81. The summed E-state index contributed by atoms with van der Waals surface area (Å²) in [6, 6.07) is 4.15. The zero-order valence-electron chi connectivity index (χ0n) is 11.4. The molecule has 1 aliphatic carbocycles. The van der Waals surface area contributed by atoms with Gasteiger partial charge in [-0.3, -0.25) is 9.78 Å². The van der Waals surface area contributed by atoms with Gasteiger partial charge in [-0.15, -0.1) is 0 Å². The van der Waals surface area contributed by atoms with Gasteiger partial charge in [0.1, 0.15) is 0 Å². The van der Waals surface area contributed by atoms with Gasteiger partial charge in [-0.1, -0.05) is 6.07 Å². The first kappa shape index (κ1) is 14.0. The Labute approximate surface area is 114 Å². The lowest BCUT2D eigenvalue weighted by molar-refractivity contribution is -0.121. The Morgan fingerprint density at radius 3 is 2.68 bits per heavy atom. The zero-order valence-corrected chi connectivity index (χ0v) is 11.4. The Morgan fingerprint density at radius 2 is 2.11 bits per heavy atom. The summed E-state index contributed by atoms with van der Waals surface area (Å²) in [5.41, 5.74) is 1.92. The summed E-state index contributed by atoms with van der Waals surface area (Å²) < 4.78 is 0. The highest BCUT2D eigenvalue weighted by Gasteiger charge is 2.21. The van der Waals surface area contributed by atoms with Crippen LogP contribution in [0.4, 0.5) is 0 Å². The van der Waals surface area contributed by atoms with E-state index in [1.807, 2.05) is 19.1 Å². The number of carbonyl (C=O) groups excluding carboxylic acids is 1. The van der Waals surface area contributed by atoms with Crippen LogP contribution in [-0.2, 0) is 11.2 Å². The number of amides is 1. The molecule has 0 aliphatic heterocycles. The second-order valence-electron chi connectivity index (χ2n) is 5.45. The zero-order chi connectivity index (χ0) is 13.7. The fraction of sp³-hybridized carbons (Fsp3) is 0.600. The number of hydrogen-bond acceptors (Lipinski definition) is 3. The van der Waals surface area contributed by atoms with Crippen LogP contribution in [0.25, 0.3) is 0 Å². The van der Waals surface area contributed by atoms with Crippen LogP contribution in [0.2, 0.25) is 0 Å². The molecule has 0 bridgehead atoms. The lowest BCUT2D eigenvalue weighted by Crippen LogP contribution is -2.38. The van der Waals surface area contributed by atoms with Gasteiger partial charge in [0.15, 0.2) is 0 Å². The van der Waals surface area contributed by atoms with Gasteiger partial charge in [-0.05, 0) is 50.2 Å². The normalized spacial score (nSPS) is 23.1. The van der Waals surface area contributed by atoms with Crippen LogP contribution >= 0.6 is 0 Å². The molecule has 4 heteroatoms. The minimum Gasteiger partial charge on any atom is -0.396 e. The molecule has 1 heterocycles. The van der Waals surface area contributed by atoms with Crippen LogP contribution in [-0.4, -0.2) is 28.6 Å². The van der Waals surface area contributed by atoms with Gasteiger partial charge in [0.25, 0.3) is 0 Å². The molecule has 0 saturated heterocycles. The van der Waals surface area contributed by atoms with Gasteiger partial charge in [-0.2, -0.15) is 0 Å². The van der Waals surface area contributed by atoms with Gasteiger partial charge in [-0.25, -0.2) is 0 Å². The molecule has 0 radical (unpaired) electrons. The van der Waals surface area contributed by atoms with Crippen LogP contribution in [0.15, 0.2) is 18.3 Å². The second kappa shape index (κ2) is 6.66. The van der Waals surface area contributed by atoms with E-state index in [2.05, 4.69) is 10.3 Å². The summed E-state index contributed by atoms with van der Waals surface area (Å²) in [4.78, 5) is 16.1. The molecule has 1 aliphatic rings. The van der Waals surface area contributed by atoms with E-state index >= 15 is 0 Å². The number of aryl methyl sites for hydroxylation is 1. The van der Waals surface area contributed by atoms with Gasteiger partial charge in [0, 0.05) is 24.5 Å². The van der Waals surface area contributed by atoms with Gasteiger partial charge < -0.3 is 10.4 Å². The average molecular weight is 262 g/mol. The highest BCUT2D eigenvalue weighted by atomic mass is 16.3. The molecule has 4 nitrogen and oxygen atoms in total. The number of rotatable bonds is 4. The van der Waals surface area contributed by atoms with Crippen molar-refractivity contribution in [2.75, 3.05) is 6.61 Å². The Morgan fingerprint density at radius 1 is 1.37 bits per heavy atom. The van der Waals surface area contributed by atoms with E-state index in [4.69, 9.17) is 5.11 Å². The number of aliphatic hydroxyl groups is 1. The first-order valence-electron chi connectivity index (χ1n) is 6.99. The molecule has 1 aromatic heterocycles. The minimum absolute atomic E-state index is 0.0677. The van der Waals surface area contributed by atoms with E-state index in [1.54, 1.807) is 6.20 Å². The Bertz CT molecular complexity index is 409. The fourth-order valence-corrected chi connectivity index (χ4v) is 2.56. The number of carbonyl (C=O) groups is 1. The molecule has 1 fully saturated rings. The average Bonchev–Trinajstić information content (AvgIpc) is 2.42. The van der Waals surface area contributed by atoms with E-state index in [9.17, 15) is 4.79 Å². The molecule has 0 aromatic carbocycles. The van der Waals surface area contributed by atoms with Crippen molar-refractivity contribution in [3.05, 3.63) is 29.6 Å². The number of pyridine rings is 1. The molecule has 19 heavy (non-hydrogen) atoms. The largest absolute Gasteiger partial charge is 0.396 e. The van der Waals surface area contributed by atoms with Crippen molar-refractivity contribution in [2.45, 2.75) is 45.1 Å². The van der Waals surface area contributed by atoms with Crippen molar-refractivity contribution in [2.24, 2.45) is 5.92 Å². The predicted molar refractivity (Wildman–Crippen MR) is 73.7 cm³/mol. The van der Waals surface area contributed by atoms with Crippen molar-refractivity contribution in [1.29, 1.82) is 0 Å². The van der Waals surface area contributed by atoms with Crippen LogP contribution in [0.3, 0.4) is 0 Å². The topological polar surface area (TPSA) is 62.2 Å². The molecule has 1 amide bonds. The lowest BCUT2D eigenvalue weighted by atomic mass is 9.86. The molecule has 0 spiro atoms. The molecular weight excluding hydrogens is 240 g/mol. The molecule has 0 atom stereocenters. The van der Waals surface area contributed by atoms with Gasteiger partial charge in [0.05, 0.1) is 6.42 Å². The summed E-state index contributed by atoms with van der Waals surface area (Å²) in [7, 11) is 0. The summed E-state index contributed by atoms with van der Waals surface area (Å²) in [5, 5.41) is 12.2. The highest BCUT2D eigenvalue weighted by Crippen LogP contribution is 2.23. The standard InChI is InChI=1S/C15H22N2O2/c1-11-2-3-13(9-16-11)8-15(19)17-14-6-4-12(10-18)5-7-14/h2-3,9,12,14,18H,4-8,10H2,1H3,(H,17,19). The third kappa shape index (κ3) is 4.31. The third-order valence-electron chi connectivity index (χ3n) is 3.81. The van der Waals surface area contributed by atoms with Crippen LogP contribution < -0.4 is 5.32 Å². The summed E-state index contributed by atoms with van der Waals surface area (Å²) in [5.74, 6) is 0.493. The van der Waals surface area contributed by atoms with Crippen LogP contribution in [0.5, 0.6) is 0 Å². The summed E-state index contributed by atoms with van der Waals surface area (Å²) in [6.07, 6.45) is 6.12. The fourth-order valence-electron chi connectivity index (χ4n) is 2.56. The maximum absolute atomic E-state index is 11.9. The molecule has 2 rings (SSSR count). The molecule has 1 saturated carbocycles. The molecule has 2 N–H and O–H groups in total. The number of nitrogens with one attached hydrogen (secondary N) is 1. The van der Waals surface area contributed by atoms with Crippen molar-refractivity contribution >= 4 is 5.91 Å². The minimum atomic E-state index is 0.0677. The van der Waals surface area contributed by atoms with E-state index in [1.165, 1.54) is 0 Å². The Hall–Kier alpha value is -1.42. The first-order valence-corrected chi connectivity index (χ1v) is 6.99. The Kier molecular flexibility index (Phi) is 4.91. The second-order valence-corrected chi connectivity index (χ2v) is 5.45. The number of aromatic nitrogens is 1. The number of hydrogen-bond donors (Lipinski definition) is 2. The van der Waals surface area contributed by atoms with E-state index in [0.717, 1.165) is 36.9 Å². The monoisotopic (exact) mass is 262 g/mol. The quantitative estimate of drug-likeness (QED) is 0.866. The van der Waals surface area contributed by atoms with Gasteiger partial charge >= 0.3 is 0 Å². The highest BCUT2D eigenvalue weighted by molar-refractivity contribution is 5.78. The summed E-state index contributed by atoms with van der Waals surface area (Å²) >= 11 is 0. The van der Waals surface area contributed by atoms with Crippen LogP contribution in [0, 0.1) is 12.8 Å². The predicted octanol–water partition coefficient (Wildman–Crippen LogP) is 1.60. The van der Waals surface area contributed by atoms with Crippen LogP contribution in [0.1, 0.15) is 36.9 Å². The van der Waals surface area contributed by atoms with E-state index < -0.39 is 0 Å². The maximum atomic E-state index is 11.9. The number of aliphatic hydroxyl groups excluding tert-OH is 1. The van der Waals surface area contributed by atoms with Crippen molar-refractivity contribution in [3.63, 3.8) is 0 Å².